The molecule has 3 rings (SSSR count). The van der Waals surface area contributed by atoms with Gasteiger partial charge in [-0.25, -0.2) is 19.6 Å². The van der Waals surface area contributed by atoms with E-state index < -0.39 is 35.1 Å². The van der Waals surface area contributed by atoms with Crippen molar-refractivity contribution in [1.82, 2.24) is 9.97 Å². The number of aromatic nitrogens is 2. The maximum Gasteiger partial charge on any atom is 0.434 e. The Hall–Kier alpha value is -3.52. The number of nitrogens with one attached hydrogen (secondary N) is 2. The van der Waals surface area contributed by atoms with E-state index in [4.69, 9.17) is 0 Å². The fourth-order valence-electron chi connectivity index (χ4n) is 2.53. The standard InChI is InChI=1S/C20H17F3N4O5S2/c1-19(2,3)16(32)27-18-26-13(20(21,22)23)12(34-18)11-7-33-17(25-11)24-10-5-8(14(28)29)4-9(6-10)15(30)31/h4-7H,1-3H3,(H,24,25)(H,28,29)(H,30,31)(H,26,27,32). The number of anilines is 3. The second kappa shape index (κ2) is 9.02. The van der Waals surface area contributed by atoms with Crippen molar-refractivity contribution >= 4 is 56.5 Å². The Kier molecular flexibility index (Phi) is 6.66. The lowest BCUT2D eigenvalue weighted by Crippen LogP contribution is -2.27. The van der Waals surface area contributed by atoms with Crippen LogP contribution in [0.5, 0.6) is 0 Å². The molecule has 0 fully saturated rings. The maximum absolute atomic E-state index is 13.6. The van der Waals surface area contributed by atoms with Crippen LogP contribution in [0.2, 0.25) is 0 Å². The molecule has 0 atom stereocenters. The second-order valence-electron chi connectivity index (χ2n) is 7.97. The summed E-state index contributed by atoms with van der Waals surface area (Å²) in [6.45, 7) is 4.82. The van der Waals surface area contributed by atoms with Crippen molar-refractivity contribution in [3.8, 4) is 10.6 Å². The molecule has 0 unspecified atom stereocenters. The molecule has 0 radical (unpaired) electrons. The summed E-state index contributed by atoms with van der Waals surface area (Å²) in [6, 6.07) is 3.32. The topological polar surface area (TPSA) is 142 Å². The van der Waals surface area contributed by atoms with Crippen molar-refractivity contribution in [2.75, 3.05) is 10.6 Å². The van der Waals surface area contributed by atoms with Crippen LogP contribution in [-0.4, -0.2) is 38.0 Å². The van der Waals surface area contributed by atoms with Crippen molar-refractivity contribution < 1.29 is 37.8 Å². The van der Waals surface area contributed by atoms with Crippen molar-refractivity contribution in [2.24, 2.45) is 5.41 Å². The summed E-state index contributed by atoms with van der Waals surface area (Å²) in [5.74, 6) is -3.21. The van der Waals surface area contributed by atoms with E-state index in [0.717, 1.165) is 17.4 Å². The number of hydrogen-bond donors (Lipinski definition) is 4. The zero-order chi connectivity index (χ0) is 25.4. The van der Waals surface area contributed by atoms with Crippen LogP contribution in [0, 0.1) is 5.41 Å². The van der Waals surface area contributed by atoms with Gasteiger partial charge in [-0.1, -0.05) is 32.1 Å². The molecule has 0 bridgehead atoms. The lowest BCUT2D eigenvalue weighted by atomic mass is 9.96. The van der Waals surface area contributed by atoms with Gasteiger partial charge in [0.25, 0.3) is 0 Å². The van der Waals surface area contributed by atoms with Gasteiger partial charge in [0.1, 0.15) is 0 Å². The van der Waals surface area contributed by atoms with E-state index in [2.05, 4.69) is 20.6 Å². The third kappa shape index (κ3) is 5.69. The summed E-state index contributed by atoms with van der Waals surface area (Å²) in [6.07, 6.45) is -4.81. The van der Waals surface area contributed by atoms with Gasteiger partial charge in [0, 0.05) is 16.5 Å². The molecule has 0 spiro atoms. The molecule has 0 aliphatic rings. The van der Waals surface area contributed by atoms with Gasteiger partial charge in [-0.15, -0.1) is 11.3 Å². The predicted octanol–water partition coefficient (Wildman–Crippen LogP) is 5.41. The second-order valence-corrected chi connectivity index (χ2v) is 9.83. The Balaban J connectivity index is 1.95. The largest absolute Gasteiger partial charge is 0.478 e. The predicted molar refractivity (Wildman–Crippen MR) is 120 cm³/mol. The Morgan fingerprint density at radius 3 is 2.03 bits per heavy atom. The van der Waals surface area contributed by atoms with Crippen LogP contribution in [0.15, 0.2) is 23.6 Å². The number of carbonyl (C=O) groups is 3. The number of hydrogen-bond acceptors (Lipinski definition) is 8. The van der Waals surface area contributed by atoms with Gasteiger partial charge < -0.3 is 20.8 Å². The van der Waals surface area contributed by atoms with Crippen LogP contribution in [0.4, 0.5) is 29.1 Å². The monoisotopic (exact) mass is 514 g/mol. The van der Waals surface area contributed by atoms with E-state index in [9.17, 15) is 37.8 Å². The molecule has 2 aromatic heterocycles. The Labute approximate surface area is 198 Å². The molecule has 180 valence electrons. The van der Waals surface area contributed by atoms with Crippen LogP contribution in [-0.2, 0) is 11.0 Å². The van der Waals surface area contributed by atoms with Crippen molar-refractivity contribution in [3.05, 3.63) is 40.4 Å². The van der Waals surface area contributed by atoms with E-state index >= 15 is 0 Å². The number of benzene rings is 1. The highest BCUT2D eigenvalue weighted by molar-refractivity contribution is 7.20. The summed E-state index contributed by atoms with van der Waals surface area (Å²) >= 11 is 1.54. The van der Waals surface area contributed by atoms with Crippen molar-refractivity contribution in [2.45, 2.75) is 26.9 Å². The first-order valence-corrected chi connectivity index (χ1v) is 11.1. The molecule has 4 N–H and O–H groups in total. The van der Waals surface area contributed by atoms with Gasteiger partial charge >= 0.3 is 18.1 Å². The zero-order valence-corrected chi connectivity index (χ0v) is 19.4. The molecule has 0 aliphatic heterocycles. The number of alkyl halides is 3. The molecule has 34 heavy (non-hydrogen) atoms. The molecule has 2 heterocycles. The minimum atomic E-state index is -4.81. The van der Waals surface area contributed by atoms with Crippen LogP contribution in [0.25, 0.3) is 10.6 Å². The number of carbonyl (C=O) groups excluding carboxylic acids is 1. The highest BCUT2D eigenvalue weighted by Crippen LogP contribution is 2.43. The van der Waals surface area contributed by atoms with E-state index in [-0.39, 0.29) is 37.6 Å². The Morgan fingerprint density at radius 2 is 1.53 bits per heavy atom. The number of amides is 1. The minimum absolute atomic E-state index is 0.0681. The number of thiazole rings is 2. The fourth-order valence-corrected chi connectivity index (χ4v) is 4.27. The molecule has 3 aromatic rings. The first-order chi connectivity index (χ1) is 15.6. The van der Waals surface area contributed by atoms with Gasteiger partial charge in [0.05, 0.1) is 21.7 Å². The SMILES string of the molecule is CC(C)(C)C(=O)Nc1nc(C(F)(F)F)c(-c2csc(Nc3cc(C(=O)O)cc(C(=O)O)c3)n2)s1. The zero-order valence-electron chi connectivity index (χ0n) is 17.8. The fraction of sp³-hybridized carbons (Fsp3) is 0.250. The normalized spacial score (nSPS) is 11.8. The van der Waals surface area contributed by atoms with Gasteiger partial charge in [0.2, 0.25) is 5.91 Å². The average molecular weight is 515 g/mol. The summed E-state index contributed by atoms with van der Waals surface area (Å²) < 4.78 is 40.8. The molecule has 0 aliphatic carbocycles. The molecule has 9 nitrogen and oxygen atoms in total. The maximum atomic E-state index is 13.6. The van der Waals surface area contributed by atoms with Crippen molar-refractivity contribution in [3.63, 3.8) is 0 Å². The molecule has 0 saturated heterocycles. The van der Waals surface area contributed by atoms with Gasteiger partial charge in [0.15, 0.2) is 16.0 Å². The molecule has 14 heteroatoms. The first-order valence-electron chi connectivity index (χ1n) is 9.39. The van der Waals surface area contributed by atoms with E-state index in [1.54, 1.807) is 20.8 Å². The number of nitrogens with zero attached hydrogens (tertiary/aromatic N) is 2. The molecule has 1 aromatic carbocycles. The van der Waals surface area contributed by atoms with E-state index in [1.165, 1.54) is 17.5 Å². The number of halogens is 3. The van der Waals surface area contributed by atoms with Crippen LogP contribution < -0.4 is 10.6 Å². The van der Waals surface area contributed by atoms with Crippen LogP contribution in [0.1, 0.15) is 47.2 Å². The molecular formula is C20H17F3N4O5S2. The highest BCUT2D eigenvalue weighted by Gasteiger charge is 2.39. The molecule has 0 saturated carbocycles. The lowest BCUT2D eigenvalue weighted by molar-refractivity contribution is -0.140. The minimum Gasteiger partial charge on any atom is -0.478 e. The summed E-state index contributed by atoms with van der Waals surface area (Å²) in [5.41, 5.74) is -2.63. The third-order valence-electron chi connectivity index (χ3n) is 4.21. The van der Waals surface area contributed by atoms with Gasteiger partial charge in [-0.3, -0.25) is 4.79 Å². The number of aromatic carboxylic acids is 2. The Morgan fingerprint density at radius 1 is 0.941 bits per heavy atom. The van der Waals surface area contributed by atoms with Gasteiger partial charge in [-0.2, -0.15) is 13.2 Å². The van der Waals surface area contributed by atoms with Crippen LogP contribution >= 0.6 is 22.7 Å². The first kappa shape index (κ1) is 25.1. The number of carboxylic acids is 2. The number of rotatable bonds is 6. The molecular weight excluding hydrogens is 497 g/mol. The summed E-state index contributed by atoms with van der Waals surface area (Å²) in [7, 11) is 0. The Bertz CT molecular complexity index is 1250. The smallest absolute Gasteiger partial charge is 0.434 e. The lowest BCUT2D eigenvalue weighted by Gasteiger charge is -2.15. The quantitative estimate of drug-likeness (QED) is 0.342. The summed E-state index contributed by atoms with van der Waals surface area (Å²) in [5, 5.41) is 24.7. The summed E-state index contributed by atoms with van der Waals surface area (Å²) in [4.78, 5) is 42.0. The third-order valence-corrected chi connectivity index (χ3v) is 5.96. The number of carboxylic acid groups (broad SMARTS) is 2. The van der Waals surface area contributed by atoms with Crippen LogP contribution in [0.3, 0.4) is 0 Å². The average Bonchev–Trinajstić information content (AvgIpc) is 3.33. The van der Waals surface area contributed by atoms with E-state index in [0.29, 0.717) is 11.3 Å². The highest BCUT2D eigenvalue weighted by atomic mass is 32.1. The molecule has 1 amide bonds. The van der Waals surface area contributed by atoms with Gasteiger partial charge in [-0.05, 0) is 18.2 Å². The van der Waals surface area contributed by atoms with E-state index in [1.807, 2.05) is 0 Å². The van der Waals surface area contributed by atoms with Crippen molar-refractivity contribution in [1.29, 1.82) is 0 Å².